The van der Waals surface area contributed by atoms with Gasteiger partial charge in [0.15, 0.2) is 5.96 Å². The number of furan rings is 1. The fraction of sp³-hybridized carbons (Fsp3) is 0.522. The number of para-hydroxylation sites is 2. The van der Waals surface area contributed by atoms with Crippen LogP contribution in [0.15, 0.2) is 52.1 Å². The van der Waals surface area contributed by atoms with Gasteiger partial charge in [0.2, 0.25) is 0 Å². The van der Waals surface area contributed by atoms with Crippen molar-refractivity contribution in [3.8, 4) is 5.75 Å². The van der Waals surface area contributed by atoms with Gasteiger partial charge in [0.05, 0.1) is 25.1 Å². The lowest BCUT2D eigenvalue weighted by molar-refractivity contribution is 0.213. The number of hydrogen-bond acceptors (Lipinski definition) is 5. The van der Waals surface area contributed by atoms with Gasteiger partial charge in [0.25, 0.3) is 0 Å². The molecule has 0 radical (unpaired) electrons. The number of methoxy groups -OCH3 is 1. The van der Waals surface area contributed by atoms with Crippen LogP contribution >= 0.6 is 0 Å². The first-order valence-electron chi connectivity index (χ1n) is 10.9. The fourth-order valence-corrected chi connectivity index (χ4v) is 4.51. The highest BCUT2D eigenvalue weighted by atomic mass is 16.5. The van der Waals surface area contributed by atoms with Gasteiger partial charge in [0, 0.05) is 39.8 Å². The Kier molecular flexibility index (Phi) is 6.79. The molecule has 4 rings (SSSR count). The molecule has 1 aromatic heterocycles. The summed E-state index contributed by atoms with van der Waals surface area (Å²) < 4.78 is 11.3. The van der Waals surface area contributed by atoms with Crippen LogP contribution in [0.5, 0.6) is 5.75 Å². The molecule has 1 N–H and O–H groups in total. The zero-order valence-electron chi connectivity index (χ0n) is 18.1. The van der Waals surface area contributed by atoms with E-state index in [0.29, 0.717) is 0 Å². The van der Waals surface area contributed by atoms with E-state index in [4.69, 9.17) is 9.15 Å². The number of hydrogen-bond donors (Lipinski definition) is 1. The van der Waals surface area contributed by atoms with Gasteiger partial charge >= 0.3 is 0 Å². The van der Waals surface area contributed by atoms with E-state index in [1.54, 1.807) is 13.4 Å². The predicted octanol–water partition coefficient (Wildman–Crippen LogP) is 2.82. The first-order chi connectivity index (χ1) is 14.8. The van der Waals surface area contributed by atoms with Crippen molar-refractivity contribution in [1.82, 2.24) is 15.1 Å². The predicted molar refractivity (Wildman–Crippen MR) is 120 cm³/mol. The topological polar surface area (TPSA) is 56.5 Å². The van der Waals surface area contributed by atoms with Crippen LogP contribution in [0.4, 0.5) is 5.69 Å². The average molecular weight is 412 g/mol. The third-order valence-electron chi connectivity index (χ3n) is 6.12. The van der Waals surface area contributed by atoms with Crippen molar-refractivity contribution < 1.29 is 9.15 Å². The van der Waals surface area contributed by atoms with Crippen LogP contribution in [0.25, 0.3) is 0 Å². The van der Waals surface area contributed by atoms with Crippen molar-refractivity contribution in [2.75, 3.05) is 64.9 Å². The lowest BCUT2D eigenvalue weighted by atomic mass is 10.2. The maximum Gasteiger partial charge on any atom is 0.193 e. The highest BCUT2D eigenvalue weighted by Crippen LogP contribution is 2.28. The van der Waals surface area contributed by atoms with Gasteiger partial charge in [-0.3, -0.25) is 9.89 Å². The minimum Gasteiger partial charge on any atom is -0.495 e. The third-order valence-corrected chi connectivity index (χ3v) is 6.12. The fourth-order valence-electron chi connectivity index (χ4n) is 4.51. The maximum absolute atomic E-state index is 5.75. The summed E-state index contributed by atoms with van der Waals surface area (Å²) in [5.41, 5.74) is 1.16. The molecule has 0 amide bonds. The quantitative estimate of drug-likeness (QED) is 0.583. The second-order valence-electron chi connectivity index (χ2n) is 7.85. The summed E-state index contributed by atoms with van der Waals surface area (Å²) in [6.07, 6.45) is 4.29. The second kappa shape index (κ2) is 9.89. The third kappa shape index (κ3) is 4.56. The van der Waals surface area contributed by atoms with Gasteiger partial charge < -0.3 is 24.3 Å². The largest absolute Gasteiger partial charge is 0.495 e. The van der Waals surface area contributed by atoms with Crippen molar-refractivity contribution in [3.05, 3.63) is 48.4 Å². The SMILES string of the molecule is CN=C(NCC(c1ccco1)N1CCCC1)N1CCN(c2ccccc2OC)CC1. The number of rotatable bonds is 6. The summed E-state index contributed by atoms with van der Waals surface area (Å²) in [7, 11) is 3.60. The summed E-state index contributed by atoms with van der Waals surface area (Å²) in [6.45, 7) is 6.78. The Morgan fingerprint density at radius 2 is 1.83 bits per heavy atom. The molecule has 0 bridgehead atoms. The molecule has 162 valence electrons. The number of aliphatic imine (C=N–C) groups is 1. The van der Waals surface area contributed by atoms with Crippen LogP contribution in [0.1, 0.15) is 24.6 Å². The molecule has 0 spiro atoms. The van der Waals surface area contributed by atoms with E-state index in [1.807, 2.05) is 25.2 Å². The highest BCUT2D eigenvalue weighted by molar-refractivity contribution is 5.80. The molecular formula is C23H33N5O2. The molecule has 2 fully saturated rings. The molecule has 2 saturated heterocycles. The number of benzene rings is 1. The monoisotopic (exact) mass is 411 g/mol. The summed E-state index contributed by atoms with van der Waals surface area (Å²) in [6, 6.07) is 12.5. The Balaban J connectivity index is 1.35. The smallest absolute Gasteiger partial charge is 0.193 e. The summed E-state index contributed by atoms with van der Waals surface area (Å²) in [4.78, 5) is 11.8. The van der Waals surface area contributed by atoms with E-state index in [2.05, 4.69) is 43.2 Å². The molecular weight excluding hydrogens is 378 g/mol. The standard InChI is InChI=1S/C23H33N5O2/c1-24-23(25-18-20(22-10-7-17-30-22)26-11-5-6-12-26)28-15-13-27(14-16-28)19-8-3-4-9-21(19)29-2/h3-4,7-10,17,20H,5-6,11-16,18H2,1-2H3,(H,24,25). The molecule has 7 nitrogen and oxygen atoms in total. The maximum atomic E-state index is 5.75. The Morgan fingerprint density at radius 1 is 1.07 bits per heavy atom. The highest BCUT2D eigenvalue weighted by Gasteiger charge is 2.27. The summed E-state index contributed by atoms with van der Waals surface area (Å²) in [5, 5.41) is 3.61. The van der Waals surface area contributed by atoms with Crippen molar-refractivity contribution in [1.29, 1.82) is 0 Å². The van der Waals surface area contributed by atoms with E-state index in [9.17, 15) is 0 Å². The van der Waals surface area contributed by atoms with E-state index >= 15 is 0 Å². The molecule has 1 atom stereocenters. The van der Waals surface area contributed by atoms with E-state index < -0.39 is 0 Å². The molecule has 2 aromatic rings. The van der Waals surface area contributed by atoms with Crippen molar-refractivity contribution in [3.63, 3.8) is 0 Å². The minimum atomic E-state index is 0.245. The van der Waals surface area contributed by atoms with Crippen LogP contribution in [0.2, 0.25) is 0 Å². The van der Waals surface area contributed by atoms with Gasteiger partial charge in [-0.1, -0.05) is 12.1 Å². The van der Waals surface area contributed by atoms with Crippen LogP contribution in [0, 0.1) is 0 Å². The number of ether oxygens (including phenoxy) is 1. The molecule has 2 aliphatic heterocycles. The van der Waals surface area contributed by atoms with E-state index in [1.165, 1.54) is 12.8 Å². The molecule has 1 aromatic carbocycles. The normalized spacial score (nSPS) is 19.2. The minimum absolute atomic E-state index is 0.245. The summed E-state index contributed by atoms with van der Waals surface area (Å²) in [5.74, 6) is 2.92. The lowest BCUT2D eigenvalue weighted by Gasteiger charge is -2.38. The van der Waals surface area contributed by atoms with E-state index in [-0.39, 0.29) is 6.04 Å². The van der Waals surface area contributed by atoms with Crippen molar-refractivity contribution >= 4 is 11.6 Å². The molecule has 1 unspecified atom stereocenters. The van der Waals surface area contributed by atoms with Crippen LogP contribution < -0.4 is 15.0 Å². The van der Waals surface area contributed by atoms with Gasteiger partial charge in [-0.2, -0.15) is 0 Å². The number of nitrogens with one attached hydrogen (secondary N) is 1. The number of guanidine groups is 1. The van der Waals surface area contributed by atoms with Crippen LogP contribution in [-0.4, -0.2) is 75.7 Å². The zero-order chi connectivity index (χ0) is 20.8. The Bertz CT molecular complexity index is 809. The number of likely N-dealkylation sites (tertiary alicyclic amines) is 1. The van der Waals surface area contributed by atoms with Crippen molar-refractivity contribution in [2.45, 2.75) is 18.9 Å². The van der Waals surface area contributed by atoms with Gasteiger partial charge in [0.1, 0.15) is 11.5 Å². The first kappa shape index (κ1) is 20.6. The van der Waals surface area contributed by atoms with Crippen LogP contribution in [0.3, 0.4) is 0 Å². The first-order valence-corrected chi connectivity index (χ1v) is 10.9. The van der Waals surface area contributed by atoms with Crippen LogP contribution in [-0.2, 0) is 0 Å². The molecule has 2 aliphatic rings. The van der Waals surface area contributed by atoms with Gasteiger partial charge in [-0.25, -0.2) is 0 Å². The Hall–Kier alpha value is -2.67. The van der Waals surface area contributed by atoms with Gasteiger partial charge in [-0.05, 0) is 50.2 Å². The molecule has 30 heavy (non-hydrogen) atoms. The molecule has 0 saturated carbocycles. The molecule has 7 heteroatoms. The number of nitrogens with zero attached hydrogens (tertiary/aromatic N) is 4. The lowest BCUT2D eigenvalue weighted by Crippen LogP contribution is -2.53. The van der Waals surface area contributed by atoms with Gasteiger partial charge in [-0.15, -0.1) is 0 Å². The van der Waals surface area contributed by atoms with Crippen molar-refractivity contribution in [2.24, 2.45) is 4.99 Å². The Morgan fingerprint density at radius 3 is 2.50 bits per heavy atom. The molecule has 3 heterocycles. The number of anilines is 1. The van der Waals surface area contributed by atoms with E-state index in [0.717, 1.165) is 69.0 Å². The number of piperazine rings is 1. The second-order valence-corrected chi connectivity index (χ2v) is 7.85. The zero-order valence-corrected chi connectivity index (χ0v) is 18.1. The molecule has 0 aliphatic carbocycles. The summed E-state index contributed by atoms with van der Waals surface area (Å²) >= 11 is 0. The average Bonchev–Trinajstić information content (AvgIpc) is 3.52. The Labute approximate surface area is 179 Å².